The Hall–Kier alpha value is -2.34. The zero-order valence-corrected chi connectivity index (χ0v) is 12.2. The average Bonchev–Trinajstić information content (AvgIpc) is 2.45. The number of rotatable bonds is 5. The van der Waals surface area contributed by atoms with Gasteiger partial charge < -0.3 is 10.4 Å². The first-order chi connectivity index (χ1) is 9.88. The third-order valence-corrected chi connectivity index (χ3v) is 4.10. The van der Waals surface area contributed by atoms with E-state index < -0.39 is 15.8 Å². The maximum absolute atomic E-state index is 11.7. The van der Waals surface area contributed by atoms with Gasteiger partial charge in [-0.25, -0.2) is 13.2 Å². The van der Waals surface area contributed by atoms with Gasteiger partial charge in [0.15, 0.2) is 9.84 Å². The average molecular weight is 305 g/mol. The van der Waals surface area contributed by atoms with E-state index in [2.05, 4.69) is 5.32 Å². The van der Waals surface area contributed by atoms with Gasteiger partial charge in [0.1, 0.15) is 0 Å². The molecule has 0 aliphatic rings. The molecule has 2 rings (SSSR count). The van der Waals surface area contributed by atoms with Crippen molar-refractivity contribution in [3.8, 4) is 0 Å². The Balaban J connectivity index is 2.21. The van der Waals surface area contributed by atoms with Gasteiger partial charge in [-0.15, -0.1) is 0 Å². The number of hydrogen-bond donors (Lipinski definition) is 2. The molecule has 2 aromatic carbocycles. The molecule has 0 radical (unpaired) electrons. The predicted molar refractivity (Wildman–Crippen MR) is 80.3 cm³/mol. The van der Waals surface area contributed by atoms with E-state index in [4.69, 9.17) is 5.11 Å². The molecule has 2 N–H and O–H groups in total. The molecule has 21 heavy (non-hydrogen) atoms. The molecular weight excluding hydrogens is 290 g/mol. The quantitative estimate of drug-likeness (QED) is 0.886. The molecule has 0 saturated carbocycles. The van der Waals surface area contributed by atoms with Crippen molar-refractivity contribution in [2.75, 3.05) is 11.6 Å². The number of para-hydroxylation sites is 1. The molecule has 5 nitrogen and oxygen atoms in total. The lowest BCUT2D eigenvalue weighted by Crippen LogP contribution is -2.06. The number of carboxylic acids is 1. The van der Waals surface area contributed by atoms with Crippen LogP contribution in [0, 0.1) is 0 Å². The Morgan fingerprint density at radius 3 is 2.52 bits per heavy atom. The molecule has 110 valence electrons. The van der Waals surface area contributed by atoms with Crippen LogP contribution in [-0.2, 0) is 16.4 Å². The highest BCUT2D eigenvalue weighted by atomic mass is 32.2. The lowest BCUT2D eigenvalue weighted by molar-refractivity contribution is 0.0696. The van der Waals surface area contributed by atoms with Gasteiger partial charge in [-0.3, -0.25) is 0 Å². The summed E-state index contributed by atoms with van der Waals surface area (Å²) in [5.41, 5.74) is 1.46. The van der Waals surface area contributed by atoms with Crippen molar-refractivity contribution in [1.29, 1.82) is 0 Å². The zero-order chi connectivity index (χ0) is 15.5. The number of anilines is 1. The Labute approximate surface area is 123 Å². The predicted octanol–water partition coefficient (Wildman–Crippen LogP) is 2.40. The summed E-state index contributed by atoms with van der Waals surface area (Å²) in [4.78, 5) is 11.1. The van der Waals surface area contributed by atoms with E-state index in [-0.39, 0.29) is 10.5 Å². The van der Waals surface area contributed by atoms with Gasteiger partial charge in [-0.1, -0.05) is 24.3 Å². The zero-order valence-electron chi connectivity index (χ0n) is 11.4. The first-order valence-corrected chi connectivity index (χ1v) is 8.12. The van der Waals surface area contributed by atoms with Crippen LogP contribution in [0.2, 0.25) is 0 Å². The number of carbonyl (C=O) groups is 1. The smallest absolute Gasteiger partial charge is 0.335 e. The van der Waals surface area contributed by atoms with Crippen LogP contribution in [0.5, 0.6) is 0 Å². The molecule has 0 heterocycles. The highest BCUT2D eigenvalue weighted by Gasteiger charge is 2.12. The Morgan fingerprint density at radius 1 is 1.14 bits per heavy atom. The molecule has 0 amide bonds. The highest BCUT2D eigenvalue weighted by molar-refractivity contribution is 7.90. The van der Waals surface area contributed by atoms with E-state index in [0.29, 0.717) is 12.2 Å². The van der Waals surface area contributed by atoms with Crippen molar-refractivity contribution in [1.82, 2.24) is 0 Å². The van der Waals surface area contributed by atoms with Crippen molar-refractivity contribution >= 4 is 21.5 Å². The van der Waals surface area contributed by atoms with Gasteiger partial charge in [-0.05, 0) is 29.8 Å². The van der Waals surface area contributed by atoms with E-state index in [1.54, 1.807) is 36.4 Å². The summed E-state index contributed by atoms with van der Waals surface area (Å²) in [6, 6.07) is 13.1. The number of hydrogen-bond acceptors (Lipinski definition) is 4. The molecule has 0 fully saturated rings. The van der Waals surface area contributed by atoms with Crippen LogP contribution in [0.3, 0.4) is 0 Å². The van der Waals surface area contributed by atoms with E-state index in [9.17, 15) is 13.2 Å². The maximum Gasteiger partial charge on any atom is 0.335 e. The number of nitrogens with one attached hydrogen (secondary N) is 1. The topological polar surface area (TPSA) is 83.5 Å². The molecule has 0 bridgehead atoms. The Morgan fingerprint density at radius 2 is 1.86 bits per heavy atom. The summed E-state index contributed by atoms with van der Waals surface area (Å²) in [5, 5.41) is 12.0. The third kappa shape index (κ3) is 3.82. The summed E-state index contributed by atoms with van der Waals surface area (Å²) in [7, 11) is -3.32. The summed E-state index contributed by atoms with van der Waals surface area (Å²) >= 11 is 0. The van der Waals surface area contributed by atoms with Crippen molar-refractivity contribution < 1.29 is 18.3 Å². The second-order valence-corrected chi connectivity index (χ2v) is 6.61. The van der Waals surface area contributed by atoms with Crippen molar-refractivity contribution in [2.45, 2.75) is 11.4 Å². The minimum absolute atomic E-state index is 0.200. The fraction of sp³-hybridized carbons (Fsp3) is 0.133. The van der Waals surface area contributed by atoms with Crippen LogP contribution in [0.25, 0.3) is 0 Å². The van der Waals surface area contributed by atoms with Crippen LogP contribution in [0.15, 0.2) is 53.4 Å². The lowest BCUT2D eigenvalue weighted by Gasteiger charge is -2.11. The van der Waals surface area contributed by atoms with E-state index in [1.807, 2.05) is 0 Å². The molecule has 2 aromatic rings. The first-order valence-electron chi connectivity index (χ1n) is 6.23. The first kappa shape index (κ1) is 15.1. The second kappa shape index (κ2) is 5.97. The minimum Gasteiger partial charge on any atom is -0.478 e. The Bertz CT molecular complexity index is 769. The number of aromatic carboxylic acids is 1. The van der Waals surface area contributed by atoms with Gasteiger partial charge >= 0.3 is 5.97 Å². The SMILES string of the molecule is CS(=O)(=O)c1ccccc1NCc1cccc(C(=O)O)c1. The van der Waals surface area contributed by atoms with Crippen LogP contribution >= 0.6 is 0 Å². The van der Waals surface area contributed by atoms with E-state index in [1.165, 1.54) is 12.1 Å². The fourth-order valence-electron chi connectivity index (χ4n) is 1.95. The Kier molecular flexibility index (Phi) is 4.28. The normalized spacial score (nSPS) is 11.1. The molecule has 0 aliphatic heterocycles. The molecule has 6 heteroatoms. The van der Waals surface area contributed by atoms with Gasteiger partial charge in [0.2, 0.25) is 0 Å². The van der Waals surface area contributed by atoms with Crippen molar-refractivity contribution in [2.24, 2.45) is 0 Å². The highest BCUT2D eigenvalue weighted by Crippen LogP contribution is 2.21. The molecule has 0 aromatic heterocycles. The van der Waals surface area contributed by atoms with Gasteiger partial charge in [0.25, 0.3) is 0 Å². The molecule has 0 atom stereocenters. The van der Waals surface area contributed by atoms with Crippen LogP contribution in [0.1, 0.15) is 15.9 Å². The van der Waals surface area contributed by atoms with E-state index in [0.717, 1.165) is 11.8 Å². The third-order valence-electron chi connectivity index (χ3n) is 2.94. The second-order valence-electron chi connectivity index (χ2n) is 4.63. The maximum atomic E-state index is 11.7. The number of benzene rings is 2. The number of carboxylic acid groups (broad SMARTS) is 1. The van der Waals surface area contributed by atoms with Crippen LogP contribution < -0.4 is 5.32 Å². The molecule has 0 aliphatic carbocycles. The van der Waals surface area contributed by atoms with Gasteiger partial charge in [0.05, 0.1) is 16.1 Å². The summed E-state index contributed by atoms with van der Waals surface area (Å²) in [6.45, 7) is 0.341. The summed E-state index contributed by atoms with van der Waals surface area (Å²) < 4.78 is 23.4. The lowest BCUT2D eigenvalue weighted by atomic mass is 10.1. The monoisotopic (exact) mass is 305 g/mol. The van der Waals surface area contributed by atoms with Crippen LogP contribution in [-0.4, -0.2) is 25.7 Å². The summed E-state index contributed by atoms with van der Waals surface area (Å²) in [6.07, 6.45) is 1.15. The molecular formula is C15H15NO4S. The van der Waals surface area contributed by atoms with Crippen molar-refractivity contribution in [3.05, 3.63) is 59.7 Å². The minimum atomic E-state index is -3.32. The molecule has 0 spiro atoms. The summed E-state index contributed by atoms with van der Waals surface area (Å²) in [5.74, 6) is -0.992. The van der Waals surface area contributed by atoms with Gasteiger partial charge in [-0.2, -0.15) is 0 Å². The standard InChI is InChI=1S/C15H15NO4S/c1-21(19,20)14-8-3-2-7-13(14)16-10-11-5-4-6-12(9-11)15(17)18/h2-9,16H,10H2,1H3,(H,17,18). The molecule has 0 unspecified atom stereocenters. The van der Waals surface area contributed by atoms with Crippen LogP contribution in [0.4, 0.5) is 5.69 Å². The van der Waals surface area contributed by atoms with Gasteiger partial charge in [0, 0.05) is 12.8 Å². The fourth-order valence-corrected chi connectivity index (χ4v) is 2.81. The largest absolute Gasteiger partial charge is 0.478 e. The van der Waals surface area contributed by atoms with E-state index >= 15 is 0 Å². The number of sulfone groups is 1. The molecule has 0 saturated heterocycles. The van der Waals surface area contributed by atoms with Crippen molar-refractivity contribution in [3.63, 3.8) is 0 Å².